The molecule has 0 unspecified atom stereocenters. The van der Waals surface area contributed by atoms with Crippen molar-refractivity contribution < 1.29 is 4.42 Å². The van der Waals surface area contributed by atoms with Crippen molar-refractivity contribution in [2.24, 2.45) is 11.5 Å². The lowest BCUT2D eigenvalue weighted by atomic mass is 10.1. The van der Waals surface area contributed by atoms with Gasteiger partial charge in [0, 0.05) is 16.5 Å². The summed E-state index contributed by atoms with van der Waals surface area (Å²) >= 11 is 0. The van der Waals surface area contributed by atoms with E-state index in [9.17, 15) is 0 Å². The van der Waals surface area contributed by atoms with Gasteiger partial charge in [-0.05, 0) is 54.6 Å². The van der Waals surface area contributed by atoms with Gasteiger partial charge in [-0.1, -0.05) is 0 Å². The number of nitrogens with two attached hydrogens (primary N) is 2. The number of nitrogens with one attached hydrogen (secondary N) is 3. The summed E-state index contributed by atoms with van der Waals surface area (Å²) in [6.45, 7) is 0. The van der Waals surface area contributed by atoms with E-state index < -0.39 is 0 Å². The van der Waals surface area contributed by atoms with Crippen molar-refractivity contribution >= 4 is 45.8 Å². The van der Waals surface area contributed by atoms with Crippen LogP contribution >= 0.6 is 0 Å². The number of furan rings is 1. The molecule has 0 saturated carbocycles. The van der Waals surface area contributed by atoms with E-state index in [0.717, 1.165) is 22.0 Å². The molecule has 0 aliphatic rings. The molecule has 0 atom stereocenters. The minimum atomic E-state index is 0.0193. The molecule has 7 N–H and O–H groups in total. The second-order valence-electron chi connectivity index (χ2n) is 5.92. The number of H-pyrrole nitrogens is 1. The molecule has 4 rings (SSSR count). The Labute approximate surface area is 148 Å². The predicted octanol–water partition coefficient (Wildman–Crippen LogP) is 3.05. The number of nitrogen functional groups attached to an aromatic ring is 2. The first kappa shape index (κ1) is 15.6. The molecule has 0 radical (unpaired) electrons. The number of hydrogen-bond donors (Lipinski definition) is 5. The monoisotopic (exact) mass is 344 g/mol. The summed E-state index contributed by atoms with van der Waals surface area (Å²) in [6, 6.07) is 12.7. The van der Waals surface area contributed by atoms with Crippen molar-refractivity contribution in [2.75, 3.05) is 0 Å². The molecule has 0 saturated heterocycles. The number of imidazole rings is 1. The first-order valence-corrected chi connectivity index (χ1v) is 7.90. The molecule has 26 heavy (non-hydrogen) atoms. The maximum Gasteiger partial charge on any atom is 0.134 e. The minimum Gasteiger partial charge on any atom is -0.457 e. The topological polar surface area (TPSA) is 142 Å². The number of hydrogen-bond acceptors (Lipinski definition) is 4. The summed E-state index contributed by atoms with van der Waals surface area (Å²) in [6.07, 6.45) is 3.63. The van der Waals surface area contributed by atoms with Crippen LogP contribution in [-0.2, 0) is 0 Å². The quantitative estimate of drug-likeness (QED) is 0.286. The fraction of sp³-hybridized carbons (Fsp3) is 0. The zero-order valence-corrected chi connectivity index (χ0v) is 13.7. The molecule has 7 heteroatoms. The van der Waals surface area contributed by atoms with Gasteiger partial charge in [-0.2, -0.15) is 0 Å². The Morgan fingerprint density at radius 2 is 1.69 bits per heavy atom. The Hall–Kier alpha value is -3.87. The Morgan fingerprint density at radius 3 is 2.46 bits per heavy atom. The lowest BCUT2D eigenvalue weighted by Gasteiger charge is -1.96. The van der Waals surface area contributed by atoms with E-state index in [4.69, 9.17) is 26.7 Å². The number of aromatic nitrogens is 2. The van der Waals surface area contributed by atoms with Crippen molar-refractivity contribution in [1.82, 2.24) is 9.97 Å². The van der Waals surface area contributed by atoms with E-state index in [1.807, 2.05) is 30.4 Å². The van der Waals surface area contributed by atoms with Crippen LogP contribution in [0.1, 0.15) is 22.7 Å². The first-order chi connectivity index (χ1) is 12.5. The fourth-order valence-electron chi connectivity index (χ4n) is 2.75. The summed E-state index contributed by atoms with van der Waals surface area (Å²) < 4.78 is 5.76. The number of nitrogens with zero attached hydrogens (tertiary/aromatic N) is 1. The van der Waals surface area contributed by atoms with E-state index >= 15 is 0 Å². The molecule has 2 heterocycles. The number of aromatic amines is 1. The Kier molecular flexibility index (Phi) is 3.54. The van der Waals surface area contributed by atoms with Gasteiger partial charge in [0.2, 0.25) is 0 Å². The Bertz CT molecular complexity index is 1100. The van der Waals surface area contributed by atoms with Gasteiger partial charge in [-0.25, -0.2) is 4.98 Å². The van der Waals surface area contributed by atoms with Crippen LogP contribution in [0, 0.1) is 10.8 Å². The predicted molar refractivity (Wildman–Crippen MR) is 103 cm³/mol. The van der Waals surface area contributed by atoms with Crippen LogP contribution in [0.3, 0.4) is 0 Å². The van der Waals surface area contributed by atoms with Crippen molar-refractivity contribution in [3.63, 3.8) is 0 Å². The molecule has 0 aliphatic carbocycles. The molecule has 0 amide bonds. The van der Waals surface area contributed by atoms with Crippen LogP contribution < -0.4 is 11.5 Å². The summed E-state index contributed by atoms with van der Waals surface area (Å²) in [5.74, 6) is 1.39. The zero-order chi connectivity index (χ0) is 18.3. The number of amidine groups is 2. The largest absolute Gasteiger partial charge is 0.457 e. The molecule has 0 spiro atoms. The highest BCUT2D eigenvalue weighted by Gasteiger charge is 2.06. The molecule has 128 valence electrons. The lowest BCUT2D eigenvalue weighted by Crippen LogP contribution is -2.10. The molecule has 4 aromatic rings. The van der Waals surface area contributed by atoms with Gasteiger partial charge in [0.05, 0.1) is 11.0 Å². The summed E-state index contributed by atoms with van der Waals surface area (Å²) in [4.78, 5) is 7.66. The van der Waals surface area contributed by atoms with Crippen LogP contribution in [0.4, 0.5) is 0 Å². The van der Waals surface area contributed by atoms with Crippen LogP contribution in [-0.4, -0.2) is 21.6 Å². The summed E-state index contributed by atoms with van der Waals surface area (Å²) in [7, 11) is 0. The van der Waals surface area contributed by atoms with Crippen molar-refractivity contribution in [3.05, 3.63) is 65.2 Å². The Balaban J connectivity index is 1.65. The van der Waals surface area contributed by atoms with Gasteiger partial charge in [0.1, 0.15) is 28.8 Å². The smallest absolute Gasteiger partial charge is 0.134 e. The van der Waals surface area contributed by atoms with E-state index in [-0.39, 0.29) is 11.7 Å². The van der Waals surface area contributed by atoms with E-state index in [1.54, 1.807) is 24.3 Å². The Morgan fingerprint density at radius 1 is 0.962 bits per heavy atom. The standard InChI is InChI=1S/C19H16N6O/c20-18(21)10-2-5-16-12(7-10)8-13(26-16)3-6-17-24-14-4-1-11(19(22)23)9-15(14)25-17/h1-9H,(H3,20,21)(H3,22,23)(H,24,25)/b6-3+. The second kappa shape index (κ2) is 5.89. The van der Waals surface area contributed by atoms with E-state index in [1.165, 1.54) is 0 Å². The van der Waals surface area contributed by atoms with Crippen LogP contribution in [0.5, 0.6) is 0 Å². The molecular weight excluding hydrogens is 328 g/mol. The minimum absolute atomic E-state index is 0.0193. The van der Waals surface area contributed by atoms with Gasteiger partial charge in [0.15, 0.2) is 0 Å². The fourth-order valence-corrected chi connectivity index (χ4v) is 2.75. The van der Waals surface area contributed by atoms with Crippen molar-refractivity contribution in [3.8, 4) is 0 Å². The molecular formula is C19H16N6O. The zero-order valence-electron chi connectivity index (χ0n) is 13.7. The average Bonchev–Trinajstić information content (AvgIpc) is 3.21. The number of rotatable bonds is 4. The van der Waals surface area contributed by atoms with Crippen LogP contribution in [0.2, 0.25) is 0 Å². The van der Waals surface area contributed by atoms with Gasteiger partial charge < -0.3 is 20.9 Å². The SMILES string of the molecule is N=C(N)c1ccc2oc(/C=C/c3nc4ccc(C(=N)N)cc4[nH]3)cc2c1. The lowest BCUT2D eigenvalue weighted by molar-refractivity contribution is 0.604. The molecule has 0 bridgehead atoms. The highest BCUT2D eigenvalue weighted by molar-refractivity contribution is 5.99. The maximum atomic E-state index is 7.50. The van der Waals surface area contributed by atoms with Crippen molar-refractivity contribution in [1.29, 1.82) is 10.8 Å². The second-order valence-corrected chi connectivity index (χ2v) is 5.92. The van der Waals surface area contributed by atoms with Crippen molar-refractivity contribution in [2.45, 2.75) is 0 Å². The van der Waals surface area contributed by atoms with Gasteiger partial charge in [0.25, 0.3) is 0 Å². The molecule has 2 aromatic heterocycles. The molecule has 0 fully saturated rings. The van der Waals surface area contributed by atoms with Crippen LogP contribution in [0.15, 0.2) is 46.9 Å². The molecule has 0 aliphatic heterocycles. The van der Waals surface area contributed by atoms with E-state index in [0.29, 0.717) is 22.7 Å². The van der Waals surface area contributed by atoms with Gasteiger partial charge in [-0.3, -0.25) is 10.8 Å². The third-order valence-electron chi connectivity index (χ3n) is 4.06. The average molecular weight is 344 g/mol. The maximum absolute atomic E-state index is 7.50. The number of benzene rings is 2. The number of fused-ring (bicyclic) bond motifs is 2. The third kappa shape index (κ3) is 2.82. The van der Waals surface area contributed by atoms with Crippen LogP contribution in [0.25, 0.3) is 34.2 Å². The van der Waals surface area contributed by atoms with E-state index in [2.05, 4.69) is 9.97 Å². The van der Waals surface area contributed by atoms with Gasteiger partial charge in [-0.15, -0.1) is 0 Å². The summed E-state index contributed by atoms with van der Waals surface area (Å²) in [5.41, 5.74) is 14.7. The van der Waals surface area contributed by atoms with Gasteiger partial charge >= 0.3 is 0 Å². The first-order valence-electron chi connectivity index (χ1n) is 7.90. The highest BCUT2D eigenvalue weighted by atomic mass is 16.3. The molecule has 2 aromatic carbocycles. The third-order valence-corrected chi connectivity index (χ3v) is 4.06. The highest BCUT2D eigenvalue weighted by Crippen LogP contribution is 2.22. The normalized spacial score (nSPS) is 11.5. The summed E-state index contributed by atoms with van der Waals surface area (Å²) in [5, 5.41) is 15.9. The molecule has 7 nitrogen and oxygen atoms in total.